The molecule has 12 rings (SSSR count). The number of alkyl carbamates (subject to hydrolysis) is 2. The van der Waals surface area contributed by atoms with Crippen molar-refractivity contribution < 1.29 is 76.4 Å². The zero-order valence-corrected chi connectivity index (χ0v) is 61.4. The molecular formula is C75H98N10O16. The van der Waals surface area contributed by atoms with E-state index in [9.17, 15) is 34.8 Å². The molecule has 101 heavy (non-hydrogen) atoms. The fourth-order valence-electron chi connectivity index (χ4n) is 16.5. The number of nitrogens with one attached hydrogen (secondary N) is 4. The maximum atomic E-state index is 13.6. The fraction of sp³-hybridized carbons (Fsp3) is 0.573. The third-order valence-corrected chi connectivity index (χ3v) is 21.0. The molecule has 2 saturated heterocycles. The molecule has 8 aliphatic heterocycles. The Hall–Kier alpha value is -8.76. The number of benzene rings is 4. The predicted molar refractivity (Wildman–Crippen MR) is 371 cm³/mol. The number of hydrogen-bond donors (Lipinski definition) is 5. The van der Waals surface area contributed by atoms with Crippen LogP contribution in [-0.4, -0.2) is 183 Å². The molecule has 544 valence electrons. The van der Waals surface area contributed by atoms with E-state index >= 15 is 0 Å². The smallest absolute Gasteiger partial charge is 0.408 e. The van der Waals surface area contributed by atoms with Crippen LogP contribution in [0.25, 0.3) is 0 Å². The van der Waals surface area contributed by atoms with Crippen molar-refractivity contribution in [3.05, 3.63) is 103 Å². The molecule has 26 heteroatoms. The molecule has 4 amide bonds. The molecule has 26 nitrogen and oxygen atoms in total. The number of nitrogens with zero attached hydrogens (tertiary/aromatic N) is 6. The molecule has 4 aromatic carbocycles. The fourth-order valence-corrected chi connectivity index (χ4v) is 16.5. The van der Waals surface area contributed by atoms with Gasteiger partial charge in [0.1, 0.15) is 65.0 Å². The number of aryl methyl sites for hydroxylation is 2. The van der Waals surface area contributed by atoms with Crippen LogP contribution in [0.2, 0.25) is 0 Å². The van der Waals surface area contributed by atoms with Crippen molar-refractivity contribution in [3.63, 3.8) is 0 Å². The van der Waals surface area contributed by atoms with Gasteiger partial charge in [-0.2, -0.15) is 10.5 Å². The van der Waals surface area contributed by atoms with E-state index in [0.29, 0.717) is 71.1 Å². The number of phenols is 1. The second-order valence-electron chi connectivity index (χ2n) is 29.6. The predicted octanol–water partition coefficient (Wildman–Crippen LogP) is 8.52. The standard InChI is InChI=1S/C39H51N5O8.C36H47N5O8/c1-11-12-48-33-22(4)35-36(51-19-50-35)31-25(33)15-27-32-30-24(13-20(2)21(3)34(30)49-18-47-10)14-26(43(32)9)28(16-40)44(27)29(31)17-41-37(45)23(5)42-38(46)52-39(6,7)8;1-17-10-21-11-23-25(13-37)41-24(29(40(23)8)27(21)31(18(17)2)46-15-45-9)12-22-28(33-32(47-16-48-33)19(3)30(22)42)26(41)14-38-34(43)20(4)39-35(44)49-36(5,6)7/h11,13,23,26-29,32H,1,12,14-15,17-19H2,2-10H3,(H,41,45)(H,42,46);10,20,23-26,29,42H,11-12,14-16H2,1-9H3,(H,38,43)(H,39,44)/t23-,26-,27?,28-,29-,32-;20-,23-,24?,25-,26-,29-/m00/s1. The lowest BCUT2D eigenvalue weighted by Crippen LogP contribution is -2.69. The third kappa shape index (κ3) is 13.6. The number of ether oxygens (including phenoxy) is 11. The average molecular weight is 1400 g/mol. The van der Waals surface area contributed by atoms with Crippen molar-refractivity contribution >= 4 is 24.0 Å². The Morgan fingerprint density at radius 1 is 0.594 bits per heavy atom. The summed E-state index contributed by atoms with van der Waals surface area (Å²) in [7, 11) is 7.34. The van der Waals surface area contributed by atoms with Gasteiger partial charge >= 0.3 is 12.2 Å². The van der Waals surface area contributed by atoms with E-state index in [1.54, 1.807) is 82.6 Å². The lowest BCUT2D eigenvalue weighted by atomic mass is 9.71. The van der Waals surface area contributed by atoms with E-state index in [1.165, 1.54) is 0 Å². The van der Waals surface area contributed by atoms with Gasteiger partial charge in [-0.15, -0.1) is 0 Å². The normalized spacial score (nSPS) is 24.1. The first-order valence-electron chi connectivity index (χ1n) is 34.5. The topological polar surface area (TPSA) is 299 Å². The van der Waals surface area contributed by atoms with Crippen molar-refractivity contribution in [1.29, 1.82) is 10.5 Å². The Kier molecular flexibility index (Phi) is 21.0. The molecule has 8 heterocycles. The van der Waals surface area contributed by atoms with E-state index in [2.05, 4.69) is 107 Å². The second kappa shape index (κ2) is 28.9. The molecule has 2 fully saturated rings. The molecule has 12 atom stereocenters. The van der Waals surface area contributed by atoms with Gasteiger partial charge in [-0.05, 0) is 170 Å². The Bertz CT molecular complexity index is 4020. The third-order valence-electron chi connectivity index (χ3n) is 21.0. The minimum atomic E-state index is -0.900. The second-order valence-corrected chi connectivity index (χ2v) is 29.6. The zero-order chi connectivity index (χ0) is 73.2. The van der Waals surface area contributed by atoms with Crippen molar-refractivity contribution in [2.45, 2.75) is 206 Å². The summed E-state index contributed by atoms with van der Waals surface area (Å²) >= 11 is 0. The maximum Gasteiger partial charge on any atom is 0.408 e. The van der Waals surface area contributed by atoms with Crippen LogP contribution in [0.5, 0.6) is 46.0 Å². The molecular weight excluding hydrogens is 1300 g/mol. The number of fused-ring (bicyclic) bond motifs is 18. The summed E-state index contributed by atoms with van der Waals surface area (Å²) in [6.07, 6.45) is 2.51. The number of aromatic hydroxyl groups is 1. The maximum absolute atomic E-state index is 13.6. The summed E-state index contributed by atoms with van der Waals surface area (Å²) < 4.78 is 64.6. The SMILES string of the molecule is C=CCOc1c(C)c2c(c3c1CC1[C@H]4c5c(cc(C)c(C)c5OCOC)C[C@@H]([C@H](C#N)N1[C@H]3CNC(=O)[C@H](C)NC(=O)OC(C)(C)C)N4C)OCO2.COCOc1c(C)c(C)cc2c1[C@@H]1C3Cc4c(O)c(C)c5c(c4[C@H](CNC(=O)[C@H](C)NC(=O)OC(C)(C)C)N3[C@@H](C#N)[C@H](C2)N1C)OCO5. The largest absolute Gasteiger partial charge is 0.507 e. The minimum Gasteiger partial charge on any atom is -0.507 e. The number of carbonyl (C=O) groups is 4. The molecule has 0 radical (unpaired) electrons. The molecule has 2 unspecified atom stereocenters. The van der Waals surface area contributed by atoms with E-state index in [1.807, 2.05) is 13.8 Å². The molecule has 0 saturated carbocycles. The number of amides is 4. The summed E-state index contributed by atoms with van der Waals surface area (Å²) in [5, 5.41) is 45.0. The van der Waals surface area contributed by atoms with Gasteiger partial charge in [-0.25, -0.2) is 9.59 Å². The number of piperazine rings is 2. The van der Waals surface area contributed by atoms with Gasteiger partial charge in [0, 0.05) is 96.0 Å². The molecule has 4 aromatic rings. The Morgan fingerprint density at radius 2 is 1.00 bits per heavy atom. The highest BCUT2D eigenvalue weighted by molar-refractivity contribution is 5.86. The van der Waals surface area contributed by atoms with Gasteiger partial charge in [-0.1, -0.05) is 24.8 Å². The molecule has 0 aromatic heterocycles. The van der Waals surface area contributed by atoms with Gasteiger partial charge in [0.15, 0.2) is 36.6 Å². The van der Waals surface area contributed by atoms with Crippen LogP contribution in [0.15, 0.2) is 24.8 Å². The average Bonchev–Trinajstić information content (AvgIpc) is 0.888. The quantitative estimate of drug-likeness (QED) is 0.0488. The van der Waals surface area contributed by atoms with Crippen molar-refractivity contribution in [2.24, 2.45) is 0 Å². The first kappa shape index (κ1) is 73.5. The van der Waals surface area contributed by atoms with E-state index in [0.717, 1.165) is 72.7 Å². The van der Waals surface area contributed by atoms with Crippen LogP contribution < -0.4 is 54.4 Å². The Morgan fingerprint density at radius 3 is 1.41 bits per heavy atom. The van der Waals surface area contributed by atoms with Crippen LogP contribution in [0.4, 0.5) is 9.59 Å². The van der Waals surface area contributed by atoms with Gasteiger partial charge in [0.25, 0.3) is 0 Å². The lowest BCUT2D eigenvalue weighted by molar-refractivity contribution is -0.124. The van der Waals surface area contributed by atoms with E-state index in [4.69, 9.17) is 52.1 Å². The minimum absolute atomic E-state index is 0.00666. The van der Waals surface area contributed by atoms with Crippen molar-refractivity contribution in [1.82, 2.24) is 40.9 Å². The highest BCUT2D eigenvalue weighted by Gasteiger charge is 2.59. The van der Waals surface area contributed by atoms with Crippen molar-refractivity contribution in [3.8, 4) is 58.1 Å². The van der Waals surface area contributed by atoms with Crippen LogP contribution in [0, 0.1) is 64.2 Å². The van der Waals surface area contributed by atoms with Crippen LogP contribution in [0.1, 0.15) is 157 Å². The molecule has 4 bridgehead atoms. The van der Waals surface area contributed by atoms with Crippen LogP contribution in [-0.2, 0) is 54.2 Å². The number of carbonyl (C=O) groups excluding carboxylic acids is 4. The highest BCUT2D eigenvalue weighted by Crippen LogP contribution is 2.60. The first-order valence-corrected chi connectivity index (χ1v) is 34.5. The number of hydrogen-bond acceptors (Lipinski definition) is 22. The Balaban J connectivity index is 0.000000204. The molecule has 8 aliphatic rings. The van der Waals surface area contributed by atoms with Crippen LogP contribution >= 0.6 is 0 Å². The number of likely N-dealkylation sites (N-methyl/N-ethyl adjacent to an activating group) is 2. The number of methoxy groups -OCH3 is 2. The highest BCUT2D eigenvalue weighted by atomic mass is 16.7. The van der Waals surface area contributed by atoms with Gasteiger partial charge in [-0.3, -0.25) is 29.2 Å². The lowest BCUT2D eigenvalue weighted by Gasteiger charge is -2.60. The van der Waals surface area contributed by atoms with E-state index < -0.39 is 71.5 Å². The van der Waals surface area contributed by atoms with Crippen LogP contribution in [0.3, 0.4) is 0 Å². The number of rotatable bonds is 17. The van der Waals surface area contributed by atoms with Gasteiger partial charge < -0.3 is 78.5 Å². The van der Waals surface area contributed by atoms with E-state index in [-0.39, 0.29) is 88.9 Å². The molecule has 0 spiro atoms. The first-order chi connectivity index (χ1) is 47.9. The summed E-state index contributed by atoms with van der Waals surface area (Å²) in [5.74, 6) is 3.69. The van der Waals surface area contributed by atoms with Gasteiger partial charge in [0.05, 0.1) is 36.3 Å². The van der Waals surface area contributed by atoms with Crippen molar-refractivity contribution in [2.75, 3.05) is 75.2 Å². The summed E-state index contributed by atoms with van der Waals surface area (Å²) in [5.41, 5.74) is 11.8. The monoisotopic (exact) mass is 1390 g/mol. The summed E-state index contributed by atoms with van der Waals surface area (Å²) in [6, 6.07) is 4.46. The summed E-state index contributed by atoms with van der Waals surface area (Å²) in [4.78, 5) is 61.2. The van der Waals surface area contributed by atoms with Gasteiger partial charge in [0.2, 0.25) is 25.4 Å². The summed E-state index contributed by atoms with van der Waals surface area (Å²) in [6.45, 7) is 30.3. The Labute approximate surface area is 591 Å². The molecule has 0 aliphatic carbocycles. The zero-order valence-electron chi connectivity index (χ0n) is 61.4. The number of nitriles is 2. The number of phenolic OH excluding ortho intramolecular Hbond substituents is 1. The molecule has 5 N–H and O–H groups in total.